The van der Waals surface area contributed by atoms with Gasteiger partial charge >= 0.3 is 0 Å². The minimum atomic E-state index is 1.07. The standard InChI is InChI=1S/C18H18N3/c1-20-13-12-15(17-10-6-7-11-18(17)20)14-19-21(2)16-8-4-3-5-9-16/h3-14H,1-2H3/q+1. The molecule has 0 N–H and O–H groups in total. The van der Waals surface area contributed by atoms with Crippen LogP contribution in [0.3, 0.4) is 0 Å². The topological polar surface area (TPSA) is 19.5 Å². The molecule has 0 spiro atoms. The zero-order chi connectivity index (χ0) is 14.7. The highest BCUT2D eigenvalue weighted by Gasteiger charge is 2.07. The fraction of sp³-hybridized carbons (Fsp3) is 0.111. The molecule has 0 fully saturated rings. The highest BCUT2D eigenvalue weighted by Crippen LogP contribution is 2.15. The van der Waals surface area contributed by atoms with Crippen molar-refractivity contribution in [2.45, 2.75) is 0 Å². The fourth-order valence-corrected chi connectivity index (χ4v) is 2.36. The monoisotopic (exact) mass is 276 g/mol. The van der Waals surface area contributed by atoms with Crippen LogP contribution in [0.15, 0.2) is 72.0 Å². The van der Waals surface area contributed by atoms with Crippen molar-refractivity contribution in [2.24, 2.45) is 12.1 Å². The van der Waals surface area contributed by atoms with E-state index in [9.17, 15) is 0 Å². The van der Waals surface area contributed by atoms with Gasteiger partial charge in [-0.15, -0.1) is 0 Å². The summed E-state index contributed by atoms with van der Waals surface area (Å²) in [4.78, 5) is 0. The predicted molar refractivity (Wildman–Crippen MR) is 87.6 cm³/mol. The Hall–Kier alpha value is -2.68. The summed E-state index contributed by atoms with van der Waals surface area (Å²) in [6.45, 7) is 0. The van der Waals surface area contributed by atoms with Gasteiger partial charge in [-0.2, -0.15) is 5.10 Å². The highest BCUT2D eigenvalue weighted by molar-refractivity contribution is 5.97. The largest absolute Gasteiger partial charge is 0.269 e. The molecular formula is C18H18N3+. The van der Waals surface area contributed by atoms with E-state index in [2.05, 4.69) is 53.2 Å². The van der Waals surface area contributed by atoms with Crippen LogP contribution in [0.5, 0.6) is 0 Å². The second-order valence-electron chi connectivity index (χ2n) is 5.00. The molecule has 21 heavy (non-hydrogen) atoms. The predicted octanol–water partition coefficient (Wildman–Crippen LogP) is 3.13. The third-order valence-electron chi connectivity index (χ3n) is 3.57. The van der Waals surface area contributed by atoms with E-state index in [4.69, 9.17) is 0 Å². The van der Waals surface area contributed by atoms with E-state index >= 15 is 0 Å². The molecule has 1 aromatic heterocycles. The van der Waals surface area contributed by atoms with E-state index < -0.39 is 0 Å². The van der Waals surface area contributed by atoms with Crippen LogP contribution in [-0.4, -0.2) is 13.3 Å². The van der Waals surface area contributed by atoms with Gasteiger partial charge in [0.25, 0.3) is 0 Å². The van der Waals surface area contributed by atoms with Crippen molar-refractivity contribution >= 4 is 22.8 Å². The Kier molecular flexibility index (Phi) is 3.65. The number of hydrogen-bond donors (Lipinski definition) is 0. The first-order chi connectivity index (χ1) is 10.3. The molecule has 3 aromatic rings. The minimum Gasteiger partial charge on any atom is -0.269 e. The van der Waals surface area contributed by atoms with Crippen molar-refractivity contribution < 1.29 is 4.57 Å². The number of nitrogens with zero attached hydrogens (tertiary/aromatic N) is 3. The Morgan fingerprint density at radius 2 is 1.67 bits per heavy atom. The summed E-state index contributed by atoms with van der Waals surface area (Å²) in [6, 6.07) is 20.6. The SMILES string of the molecule is CN(N=Cc1cc[n+](C)c2ccccc12)c1ccccc1. The second kappa shape index (κ2) is 5.75. The Balaban J connectivity index is 1.95. The Morgan fingerprint density at radius 3 is 2.48 bits per heavy atom. The van der Waals surface area contributed by atoms with E-state index in [-0.39, 0.29) is 0 Å². The molecular weight excluding hydrogens is 258 g/mol. The molecule has 104 valence electrons. The van der Waals surface area contributed by atoms with Gasteiger partial charge in [0.05, 0.1) is 17.3 Å². The van der Waals surface area contributed by atoms with Crippen LogP contribution in [0.2, 0.25) is 0 Å². The van der Waals surface area contributed by atoms with Crippen LogP contribution in [0, 0.1) is 0 Å². The number of hydrogen-bond acceptors (Lipinski definition) is 2. The maximum absolute atomic E-state index is 4.54. The number of rotatable bonds is 3. The van der Waals surface area contributed by atoms with Crippen LogP contribution in [-0.2, 0) is 7.05 Å². The zero-order valence-corrected chi connectivity index (χ0v) is 12.3. The van der Waals surface area contributed by atoms with E-state index in [0.717, 1.165) is 11.3 Å². The van der Waals surface area contributed by atoms with E-state index in [1.807, 2.05) is 48.6 Å². The lowest BCUT2D eigenvalue weighted by Gasteiger charge is -2.12. The first-order valence-corrected chi connectivity index (χ1v) is 6.96. The van der Waals surface area contributed by atoms with Crippen molar-refractivity contribution in [1.29, 1.82) is 0 Å². The molecule has 2 aromatic carbocycles. The van der Waals surface area contributed by atoms with Crippen LogP contribution < -0.4 is 9.58 Å². The smallest absolute Gasteiger partial charge is 0.212 e. The van der Waals surface area contributed by atoms with E-state index in [1.54, 1.807) is 0 Å². The summed E-state index contributed by atoms with van der Waals surface area (Å²) in [6.07, 6.45) is 3.97. The number of benzene rings is 2. The molecule has 1 heterocycles. The van der Waals surface area contributed by atoms with Gasteiger partial charge in [-0.05, 0) is 18.2 Å². The van der Waals surface area contributed by atoms with Crippen molar-refractivity contribution in [2.75, 3.05) is 12.1 Å². The van der Waals surface area contributed by atoms with Crippen LogP contribution in [0.1, 0.15) is 5.56 Å². The Bertz CT molecular complexity index is 779. The average molecular weight is 276 g/mol. The van der Waals surface area contributed by atoms with Gasteiger partial charge in [-0.1, -0.05) is 30.3 Å². The fourth-order valence-electron chi connectivity index (χ4n) is 2.36. The van der Waals surface area contributed by atoms with Gasteiger partial charge in [-0.3, -0.25) is 5.01 Å². The molecule has 0 aliphatic rings. The van der Waals surface area contributed by atoms with Gasteiger partial charge in [0.15, 0.2) is 6.20 Å². The molecule has 0 aliphatic carbocycles. The Labute approximate surface area is 124 Å². The van der Waals surface area contributed by atoms with Crippen molar-refractivity contribution in [3.05, 3.63) is 72.4 Å². The molecule has 0 unspecified atom stereocenters. The molecule has 0 bridgehead atoms. The van der Waals surface area contributed by atoms with Gasteiger partial charge in [0.2, 0.25) is 5.52 Å². The number of fused-ring (bicyclic) bond motifs is 1. The normalized spacial score (nSPS) is 11.1. The molecule has 0 amide bonds. The second-order valence-corrected chi connectivity index (χ2v) is 5.00. The van der Waals surface area contributed by atoms with Gasteiger partial charge < -0.3 is 0 Å². The number of aryl methyl sites for hydroxylation is 1. The number of aromatic nitrogens is 1. The molecule has 0 radical (unpaired) electrons. The van der Waals surface area contributed by atoms with Crippen LogP contribution in [0.4, 0.5) is 5.69 Å². The van der Waals surface area contributed by atoms with Gasteiger partial charge in [0.1, 0.15) is 7.05 Å². The van der Waals surface area contributed by atoms with E-state index in [0.29, 0.717) is 0 Å². The molecule has 0 saturated heterocycles. The third-order valence-corrected chi connectivity index (χ3v) is 3.57. The molecule has 0 aliphatic heterocycles. The van der Waals surface area contributed by atoms with Gasteiger partial charge in [0, 0.05) is 24.7 Å². The summed E-state index contributed by atoms with van der Waals surface area (Å²) in [7, 11) is 4.01. The molecule has 3 nitrogen and oxygen atoms in total. The Morgan fingerprint density at radius 1 is 0.952 bits per heavy atom. The molecule has 0 atom stereocenters. The lowest BCUT2D eigenvalue weighted by atomic mass is 10.1. The number of pyridine rings is 1. The summed E-state index contributed by atoms with van der Waals surface area (Å²) < 4.78 is 2.12. The first-order valence-electron chi connectivity index (χ1n) is 6.96. The zero-order valence-electron chi connectivity index (χ0n) is 12.3. The number of anilines is 1. The summed E-state index contributed by atoms with van der Waals surface area (Å²) in [5.41, 5.74) is 3.38. The maximum atomic E-state index is 4.54. The number of hydrazone groups is 1. The highest BCUT2D eigenvalue weighted by atomic mass is 15.4. The molecule has 3 rings (SSSR count). The van der Waals surface area contributed by atoms with Crippen molar-refractivity contribution in [3.8, 4) is 0 Å². The third kappa shape index (κ3) is 2.77. The first kappa shape index (κ1) is 13.3. The lowest BCUT2D eigenvalue weighted by Crippen LogP contribution is -2.28. The quantitative estimate of drug-likeness (QED) is 0.409. The van der Waals surface area contributed by atoms with Gasteiger partial charge in [-0.25, -0.2) is 4.57 Å². The number of para-hydroxylation sites is 2. The maximum Gasteiger partial charge on any atom is 0.212 e. The molecule has 0 saturated carbocycles. The summed E-state index contributed by atoms with van der Waals surface area (Å²) >= 11 is 0. The summed E-state index contributed by atoms with van der Waals surface area (Å²) in [5.74, 6) is 0. The van der Waals surface area contributed by atoms with Crippen LogP contribution in [0.25, 0.3) is 10.9 Å². The van der Waals surface area contributed by atoms with E-state index in [1.165, 1.54) is 10.9 Å². The van der Waals surface area contributed by atoms with Crippen molar-refractivity contribution in [1.82, 2.24) is 0 Å². The molecule has 3 heteroatoms. The van der Waals surface area contributed by atoms with Crippen molar-refractivity contribution in [3.63, 3.8) is 0 Å². The summed E-state index contributed by atoms with van der Waals surface area (Å²) in [5, 5.41) is 7.62. The lowest BCUT2D eigenvalue weighted by molar-refractivity contribution is -0.644. The minimum absolute atomic E-state index is 1.07. The van der Waals surface area contributed by atoms with Crippen LogP contribution >= 0.6 is 0 Å². The average Bonchev–Trinajstić information content (AvgIpc) is 2.55.